The number of hydrogen-bond donors (Lipinski definition) is 1. The van der Waals surface area contributed by atoms with Gasteiger partial charge in [0.15, 0.2) is 10.9 Å². The highest BCUT2D eigenvalue weighted by molar-refractivity contribution is 7.13. The summed E-state index contributed by atoms with van der Waals surface area (Å²) in [6.07, 6.45) is 1.62. The molecule has 78 valence electrons. The first-order chi connectivity index (χ1) is 7.25. The highest BCUT2D eigenvalue weighted by Crippen LogP contribution is 2.16. The summed E-state index contributed by atoms with van der Waals surface area (Å²) in [6, 6.07) is 3.71. The van der Waals surface area contributed by atoms with Crippen molar-refractivity contribution in [2.24, 2.45) is 0 Å². The van der Waals surface area contributed by atoms with Gasteiger partial charge in [0.25, 0.3) is 0 Å². The van der Waals surface area contributed by atoms with E-state index < -0.39 is 0 Å². The van der Waals surface area contributed by atoms with Gasteiger partial charge in [0.2, 0.25) is 0 Å². The molecule has 2 aromatic rings. The number of nitrogens with zero attached hydrogens (tertiary/aromatic N) is 1. The minimum Gasteiger partial charge on any atom is -0.467 e. The van der Waals surface area contributed by atoms with Crippen molar-refractivity contribution in [3.8, 4) is 0 Å². The smallest absolute Gasteiger partial charge is 0.183 e. The van der Waals surface area contributed by atoms with Crippen molar-refractivity contribution < 1.29 is 9.21 Å². The second-order valence-corrected chi connectivity index (χ2v) is 3.89. The van der Waals surface area contributed by atoms with Crippen LogP contribution in [0, 0.1) is 0 Å². The van der Waals surface area contributed by atoms with Crippen molar-refractivity contribution in [2.45, 2.75) is 13.5 Å². The third-order valence-electron chi connectivity index (χ3n) is 1.86. The SMILES string of the molecule is CC(=O)c1csc(NCc2ccco2)n1. The molecule has 2 aromatic heterocycles. The van der Waals surface area contributed by atoms with Crippen LogP contribution in [0.3, 0.4) is 0 Å². The topological polar surface area (TPSA) is 55.1 Å². The molecule has 0 amide bonds. The molecule has 5 heteroatoms. The molecule has 4 nitrogen and oxygen atoms in total. The number of aromatic nitrogens is 1. The number of nitrogens with one attached hydrogen (secondary N) is 1. The molecule has 0 bridgehead atoms. The van der Waals surface area contributed by atoms with Gasteiger partial charge < -0.3 is 9.73 Å². The van der Waals surface area contributed by atoms with Gasteiger partial charge in [0.05, 0.1) is 12.8 Å². The number of hydrogen-bond acceptors (Lipinski definition) is 5. The number of ketones is 1. The molecule has 2 heterocycles. The van der Waals surface area contributed by atoms with Crippen LogP contribution in [0.5, 0.6) is 0 Å². The van der Waals surface area contributed by atoms with E-state index in [1.165, 1.54) is 18.3 Å². The third kappa shape index (κ3) is 2.44. The number of carbonyl (C=O) groups is 1. The molecule has 0 atom stereocenters. The number of furan rings is 1. The third-order valence-corrected chi connectivity index (χ3v) is 2.66. The predicted octanol–water partition coefficient (Wildman–Crippen LogP) is 2.55. The normalized spacial score (nSPS) is 10.2. The number of anilines is 1. The standard InChI is InChI=1S/C10H10N2O2S/c1-7(13)9-6-15-10(12-9)11-5-8-3-2-4-14-8/h2-4,6H,5H2,1H3,(H,11,12). The van der Waals surface area contributed by atoms with Crippen LogP contribution in [0.25, 0.3) is 0 Å². The van der Waals surface area contributed by atoms with Crippen LogP contribution in [-0.2, 0) is 6.54 Å². The van der Waals surface area contributed by atoms with E-state index in [9.17, 15) is 4.79 Å². The average Bonchev–Trinajstić information content (AvgIpc) is 2.86. The van der Waals surface area contributed by atoms with E-state index in [2.05, 4.69) is 10.3 Å². The van der Waals surface area contributed by atoms with Crippen LogP contribution in [-0.4, -0.2) is 10.8 Å². The monoisotopic (exact) mass is 222 g/mol. The van der Waals surface area contributed by atoms with Gasteiger partial charge in [0.1, 0.15) is 11.5 Å². The predicted molar refractivity (Wildman–Crippen MR) is 58.2 cm³/mol. The van der Waals surface area contributed by atoms with Gasteiger partial charge in [-0.05, 0) is 12.1 Å². The van der Waals surface area contributed by atoms with Gasteiger partial charge in [0, 0.05) is 12.3 Å². The molecular weight excluding hydrogens is 212 g/mol. The summed E-state index contributed by atoms with van der Waals surface area (Å²) >= 11 is 1.42. The van der Waals surface area contributed by atoms with E-state index in [0.29, 0.717) is 12.2 Å². The summed E-state index contributed by atoms with van der Waals surface area (Å²) in [5.74, 6) is 0.826. The summed E-state index contributed by atoms with van der Waals surface area (Å²) < 4.78 is 5.16. The molecule has 0 fully saturated rings. The maximum absolute atomic E-state index is 11.0. The van der Waals surface area contributed by atoms with E-state index in [1.54, 1.807) is 11.6 Å². The number of Topliss-reactive ketones (excluding diaryl/α,β-unsaturated/α-hetero) is 1. The maximum Gasteiger partial charge on any atom is 0.183 e. The Morgan fingerprint density at radius 3 is 3.13 bits per heavy atom. The Morgan fingerprint density at radius 1 is 1.67 bits per heavy atom. The first-order valence-electron chi connectivity index (χ1n) is 4.48. The fourth-order valence-corrected chi connectivity index (χ4v) is 1.84. The molecule has 0 spiro atoms. The zero-order chi connectivity index (χ0) is 10.7. The van der Waals surface area contributed by atoms with Crippen LogP contribution in [0.4, 0.5) is 5.13 Å². The Kier molecular flexibility index (Phi) is 2.82. The van der Waals surface area contributed by atoms with Gasteiger partial charge in [-0.1, -0.05) is 0 Å². The minimum absolute atomic E-state index is 0.0164. The maximum atomic E-state index is 11.0. The molecule has 0 radical (unpaired) electrons. The fourth-order valence-electron chi connectivity index (χ4n) is 1.09. The molecule has 0 aliphatic carbocycles. The summed E-state index contributed by atoms with van der Waals surface area (Å²) in [5.41, 5.74) is 0.502. The Balaban J connectivity index is 1.96. The molecule has 0 aromatic carbocycles. The van der Waals surface area contributed by atoms with Crippen molar-refractivity contribution in [1.82, 2.24) is 4.98 Å². The zero-order valence-electron chi connectivity index (χ0n) is 8.19. The Labute approximate surface area is 90.9 Å². The Morgan fingerprint density at radius 2 is 2.53 bits per heavy atom. The van der Waals surface area contributed by atoms with Crippen LogP contribution in [0.15, 0.2) is 28.2 Å². The molecule has 0 saturated carbocycles. The first-order valence-corrected chi connectivity index (χ1v) is 5.36. The van der Waals surface area contributed by atoms with Crippen LogP contribution >= 0.6 is 11.3 Å². The molecule has 1 N–H and O–H groups in total. The largest absolute Gasteiger partial charge is 0.467 e. The second kappa shape index (κ2) is 4.27. The Hall–Kier alpha value is -1.62. The molecule has 0 aliphatic rings. The summed E-state index contributed by atoms with van der Waals surface area (Å²) in [4.78, 5) is 15.1. The fraction of sp³-hybridized carbons (Fsp3) is 0.200. The van der Waals surface area contributed by atoms with Crippen LogP contribution in [0.2, 0.25) is 0 Å². The summed E-state index contributed by atoms with van der Waals surface area (Å²) in [7, 11) is 0. The number of thiazole rings is 1. The molecule has 15 heavy (non-hydrogen) atoms. The van der Waals surface area contributed by atoms with E-state index in [0.717, 1.165) is 10.9 Å². The first kappa shape index (κ1) is 9.92. The lowest BCUT2D eigenvalue weighted by atomic mass is 10.4. The highest BCUT2D eigenvalue weighted by atomic mass is 32.1. The van der Waals surface area contributed by atoms with Gasteiger partial charge in [-0.2, -0.15) is 0 Å². The van der Waals surface area contributed by atoms with Gasteiger partial charge in [-0.15, -0.1) is 11.3 Å². The van der Waals surface area contributed by atoms with Gasteiger partial charge >= 0.3 is 0 Å². The lowest BCUT2D eigenvalue weighted by Gasteiger charge is -1.97. The van der Waals surface area contributed by atoms with E-state index in [4.69, 9.17) is 4.42 Å². The van der Waals surface area contributed by atoms with E-state index >= 15 is 0 Å². The summed E-state index contributed by atoms with van der Waals surface area (Å²) in [5, 5.41) is 5.56. The average molecular weight is 222 g/mol. The lowest BCUT2D eigenvalue weighted by molar-refractivity contribution is 0.101. The molecular formula is C10H10N2O2S. The molecule has 0 unspecified atom stereocenters. The van der Waals surface area contributed by atoms with Crippen molar-refractivity contribution in [2.75, 3.05) is 5.32 Å². The van der Waals surface area contributed by atoms with Gasteiger partial charge in [-0.3, -0.25) is 4.79 Å². The Bertz CT molecular complexity index is 448. The second-order valence-electron chi connectivity index (χ2n) is 3.03. The minimum atomic E-state index is -0.0164. The molecule has 0 aliphatic heterocycles. The van der Waals surface area contributed by atoms with Crippen LogP contribution < -0.4 is 5.32 Å². The van der Waals surface area contributed by atoms with Crippen LogP contribution in [0.1, 0.15) is 23.2 Å². The molecule has 0 saturated heterocycles. The zero-order valence-corrected chi connectivity index (χ0v) is 9.00. The lowest BCUT2D eigenvalue weighted by Crippen LogP contribution is -1.98. The quantitative estimate of drug-likeness (QED) is 0.808. The highest BCUT2D eigenvalue weighted by Gasteiger charge is 2.05. The van der Waals surface area contributed by atoms with E-state index in [1.807, 2.05) is 12.1 Å². The van der Waals surface area contributed by atoms with E-state index in [-0.39, 0.29) is 5.78 Å². The van der Waals surface area contributed by atoms with Crippen molar-refractivity contribution in [1.29, 1.82) is 0 Å². The van der Waals surface area contributed by atoms with Gasteiger partial charge in [-0.25, -0.2) is 4.98 Å². The summed E-state index contributed by atoms with van der Waals surface area (Å²) in [6.45, 7) is 2.09. The number of carbonyl (C=O) groups excluding carboxylic acids is 1. The number of rotatable bonds is 4. The van der Waals surface area contributed by atoms with Crippen molar-refractivity contribution in [3.63, 3.8) is 0 Å². The van der Waals surface area contributed by atoms with Crippen molar-refractivity contribution >= 4 is 22.3 Å². The molecule has 2 rings (SSSR count). The van der Waals surface area contributed by atoms with Crippen molar-refractivity contribution in [3.05, 3.63) is 35.2 Å².